The number of nitrogens with zero attached hydrogens (tertiary/aromatic N) is 4. The first-order chi connectivity index (χ1) is 14.9. The summed E-state index contributed by atoms with van der Waals surface area (Å²) < 4.78 is 21.9. The van der Waals surface area contributed by atoms with Gasteiger partial charge in [-0.1, -0.05) is 6.07 Å². The minimum atomic E-state index is -0.205. The van der Waals surface area contributed by atoms with Gasteiger partial charge in [0, 0.05) is 38.4 Å². The maximum absolute atomic E-state index is 14.7. The minimum absolute atomic E-state index is 0. The van der Waals surface area contributed by atoms with Gasteiger partial charge < -0.3 is 20.3 Å². The van der Waals surface area contributed by atoms with E-state index in [0.717, 1.165) is 43.3 Å². The van der Waals surface area contributed by atoms with Crippen molar-refractivity contribution in [3.05, 3.63) is 46.5 Å². The molecule has 1 aliphatic rings. The van der Waals surface area contributed by atoms with Gasteiger partial charge in [-0.15, -0.1) is 24.0 Å². The van der Waals surface area contributed by atoms with E-state index in [0.29, 0.717) is 25.4 Å². The van der Waals surface area contributed by atoms with Crippen LogP contribution in [0.3, 0.4) is 0 Å². The van der Waals surface area contributed by atoms with E-state index in [1.165, 1.54) is 11.3 Å². The van der Waals surface area contributed by atoms with Gasteiger partial charge in [-0.2, -0.15) is 5.10 Å². The molecule has 178 valence electrons. The molecule has 1 saturated heterocycles. The molecule has 1 unspecified atom stereocenters. The maximum Gasteiger partial charge on any atom is 0.191 e. The first-order valence-corrected chi connectivity index (χ1v) is 11.0. The summed E-state index contributed by atoms with van der Waals surface area (Å²) in [6.45, 7) is 12.2. The van der Waals surface area contributed by atoms with Gasteiger partial charge in [0.1, 0.15) is 5.82 Å². The van der Waals surface area contributed by atoms with Crippen molar-refractivity contribution >= 4 is 35.6 Å². The fourth-order valence-corrected chi connectivity index (χ4v) is 3.90. The highest BCUT2D eigenvalue weighted by atomic mass is 127. The molecule has 1 aromatic carbocycles. The first kappa shape index (κ1) is 26.4. The molecule has 2 N–H and O–H groups in total. The minimum Gasteiger partial charge on any atom is -0.378 e. The van der Waals surface area contributed by atoms with E-state index in [4.69, 9.17) is 4.74 Å². The van der Waals surface area contributed by atoms with Crippen LogP contribution in [0, 0.1) is 19.7 Å². The zero-order chi connectivity index (χ0) is 22.4. The lowest BCUT2D eigenvalue weighted by atomic mass is 10.1. The number of nitrogens with one attached hydrogen (secondary N) is 2. The largest absolute Gasteiger partial charge is 0.378 e. The molecule has 32 heavy (non-hydrogen) atoms. The van der Waals surface area contributed by atoms with Crippen LogP contribution in [0.1, 0.15) is 36.4 Å². The third-order valence-corrected chi connectivity index (χ3v) is 5.68. The number of rotatable bonds is 7. The Morgan fingerprint density at radius 2 is 2.00 bits per heavy atom. The molecular formula is C23H36FIN6O. The van der Waals surface area contributed by atoms with Gasteiger partial charge in [0.15, 0.2) is 5.96 Å². The zero-order valence-corrected chi connectivity index (χ0v) is 22.1. The Kier molecular flexibility index (Phi) is 10.2. The quantitative estimate of drug-likeness (QED) is 0.310. The van der Waals surface area contributed by atoms with Crippen LogP contribution in [0.2, 0.25) is 0 Å². The summed E-state index contributed by atoms with van der Waals surface area (Å²) >= 11 is 0. The Hall–Kier alpha value is -1.88. The van der Waals surface area contributed by atoms with Gasteiger partial charge in [-0.3, -0.25) is 4.68 Å². The normalized spacial score (nSPS) is 15.3. The van der Waals surface area contributed by atoms with E-state index >= 15 is 0 Å². The summed E-state index contributed by atoms with van der Waals surface area (Å²) in [7, 11) is 1.97. The van der Waals surface area contributed by atoms with Gasteiger partial charge in [-0.25, -0.2) is 9.38 Å². The Morgan fingerprint density at radius 3 is 2.59 bits per heavy atom. The molecule has 7 nitrogen and oxygen atoms in total. The fraction of sp³-hybridized carbons (Fsp3) is 0.565. The topological polar surface area (TPSA) is 66.7 Å². The zero-order valence-electron chi connectivity index (χ0n) is 19.7. The van der Waals surface area contributed by atoms with Gasteiger partial charge in [0.2, 0.25) is 0 Å². The Balaban J connectivity index is 0.00000363. The highest BCUT2D eigenvalue weighted by Gasteiger charge is 2.16. The average molecular weight is 558 g/mol. The molecule has 3 rings (SSSR count). The van der Waals surface area contributed by atoms with Gasteiger partial charge in [-0.05, 0) is 57.4 Å². The van der Waals surface area contributed by atoms with E-state index < -0.39 is 0 Å². The molecule has 2 aromatic rings. The molecule has 0 aliphatic carbocycles. The van der Waals surface area contributed by atoms with Gasteiger partial charge in [0.05, 0.1) is 31.1 Å². The van der Waals surface area contributed by atoms with Crippen LogP contribution in [0.4, 0.5) is 10.1 Å². The van der Waals surface area contributed by atoms with E-state index in [1.54, 1.807) is 6.07 Å². The van der Waals surface area contributed by atoms with Crippen LogP contribution in [0.25, 0.3) is 0 Å². The van der Waals surface area contributed by atoms with Crippen molar-refractivity contribution in [3.8, 4) is 0 Å². The first-order valence-electron chi connectivity index (χ1n) is 11.0. The average Bonchev–Trinajstić information content (AvgIpc) is 2.99. The molecule has 1 aliphatic heterocycles. The van der Waals surface area contributed by atoms with Crippen molar-refractivity contribution in [2.45, 2.75) is 46.7 Å². The lowest BCUT2D eigenvalue weighted by Crippen LogP contribution is -2.43. The van der Waals surface area contributed by atoms with Crippen LogP contribution >= 0.6 is 24.0 Å². The number of aromatic nitrogens is 2. The van der Waals surface area contributed by atoms with Crippen LogP contribution in [-0.4, -0.2) is 54.6 Å². The molecular weight excluding hydrogens is 522 g/mol. The molecule has 0 radical (unpaired) electrons. The van der Waals surface area contributed by atoms with Crippen molar-refractivity contribution in [3.63, 3.8) is 0 Å². The highest BCUT2D eigenvalue weighted by molar-refractivity contribution is 14.0. The molecule has 9 heteroatoms. The fourth-order valence-electron chi connectivity index (χ4n) is 3.90. The van der Waals surface area contributed by atoms with Crippen molar-refractivity contribution in [2.75, 3.05) is 37.7 Å². The van der Waals surface area contributed by atoms with Crippen molar-refractivity contribution in [2.24, 2.45) is 12.0 Å². The third kappa shape index (κ3) is 6.81. The number of aliphatic imine (C=N–C) groups is 1. The monoisotopic (exact) mass is 558 g/mol. The molecule has 1 aromatic heterocycles. The number of benzene rings is 1. The van der Waals surface area contributed by atoms with Gasteiger partial charge >= 0.3 is 0 Å². The van der Waals surface area contributed by atoms with E-state index in [9.17, 15) is 4.39 Å². The van der Waals surface area contributed by atoms with E-state index in [-0.39, 0.29) is 35.8 Å². The number of hydrogen-bond donors (Lipinski definition) is 2. The summed E-state index contributed by atoms with van der Waals surface area (Å²) in [4.78, 5) is 6.70. The smallest absolute Gasteiger partial charge is 0.191 e. The summed E-state index contributed by atoms with van der Waals surface area (Å²) in [5.41, 5.74) is 4.99. The number of morpholine rings is 1. The van der Waals surface area contributed by atoms with Crippen LogP contribution in [-0.2, 0) is 24.8 Å². The lowest BCUT2D eigenvalue weighted by Gasteiger charge is -2.29. The summed E-state index contributed by atoms with van der Waals surface area (Å²) in [5.74, 6) is 0.523. The number of guanidine groups is 1. The Morgan fingerprint density at radius 1 is 1.28 bits per heavy atom. The Bertz CT molecular complexity index is 910. The van der Waals surface area contributed by atoms with Crippen molar-refractivity contribution in [1.82, 2.24) is 20.4 Å². The number of ether oxygens (including phenoxy) is 1. The van der Waals surface area contributed by atoms with Crippen LogP contribution < -0.4 is 15.5 Å². The molecule has 0 saturated carbocycles. The third-order valence-electron chi connectivity index (χ3n) is 5.68. The summed E-state index contributed by atoms with van der Waals surface area (Å²) in [6, 6.07) is 5.57. The van der Waals surface area contributed by atoms with Gasteiger partial charge in [0.25, 0.3) is 0 Å². The molecule has 0 amide bonds. The molecule has 1 atom stereocenters. The number of hydrogen-bond acceptors (Lipinski definition) is 4. The highest BCUT2D eigenvalue weighted by Crippen LogP contribution is 2.22. The second-order valence-corrected chi connectivity index (χ2v) is 8.10. The molecule has 0 bridgehead atoms. The van der Waals surface area contributed by atoms with Crippen LogP contribution in [0.5, 0.6) is 0 Å². The number of aryl methyl sites for hydroxylation is 2. The second kappa shape index (κ2) is 12.4. The predicted octanol–water partition coefficient (Wildman–Crippen LogP) is 3.32. The molecule has 0 spiro atoms. The second-order valence-electron chi connectivity index (χ2n) is 8.10. The van der Waals surface area contributed by atoms with Crippen LogP contribution in [0.15, 0.2) is 23.2 Å². The lowest BCUT2D eigenvalue weighted by molar-refractivity contribution is 0.122. The van der Waals surface area contributed by atoms with Crippen molar-refractivity contribution in [1.29, 1.82) is 0 Å². The standard InChI is InChI=1S/C23H35FN6O.HI/c1-6-25-23(27-16(2)13-20-17(3)28-29(5)18(20)4)26-15-19-7-8-22(21(24)14-19)30-9-11-31-12-10-30;/h7-8,14,16H,6,9-13,15H2,1-5H3,(H2,25,26,27);1H. The summed E-state index contributed by atoms with van der Waals surface area (Å²) in [6.07, 6.45) is 0.860. The summed E-state index contributed by atoms with van der Waals surface area (Å²) in [5, 5.41) is 11.2. The maximum atomic E-state index is 14.7. The van der Waals surface area contributed by atoms with E-state index in [2.05, 4.69) is 34.6 Å². The number of halogens is 2. The SMILES string of the molecule is CCNC(=NCc1ccc(N2CCOCC2)c(F)c1)NC(C)Cc1c(C)nn(C)c1C.I. The van der Waals surface area contributed by atoms with Crippen molar-refractivity contribution < 1.29 is 9.13 Å². The number of anilines is 1. The molecule has 2 heterocycles. The molecule has 1 fully saturated rings. The van der Waals surface area contributed by atoms with E-state index in [1.807, 2.05) is 42.6 Å². The Labute approximate surface area is 207 Å². The predicted molar refractivity (Wildman–Crippen MR) is 139 cm³/mol.